The van der Waals surface area contributed by atoms with E-state index < -0.39 is 5.72 Å². The molecule has 1 heterocycles. The molecule has 0 spiro atoms. The number of ether oxygens (including phenoxy) is 1. The van der Waals surface area contributed by atoms with Gasteiger partial charge in [0, 0.05) is 16.1 Å². The van der Waals surface area contributed by atoms with Gasteiger partial charge in [-0.1, -0.05) is 23.7 Å². The quantitative estimate of drug-likeness (QED) is 0.836. The summed E-state index contributed by atoms with van der Waals surface area (Å²) < 4.78 is 5.13. The molecule has 0 fully saturated rings. The average molecular weight is 304 g/mol. The number of hydrogen-bond acceptors (Lipinski definition) is 5. The molecule has 1 unspecified atom stereocenters. The van der Waals surface area contributed by atoms with Crippen molar-refractivity contribution < 1.29 is 9.84 Å². The molecule has 0 saturated carbocycles. The lowest BCUT2D eigenvalue weighted by atomic mass is 9.91. The summed E-state index contributed by atoms with van der Waals surface area (Å²) in [5.41, 5.74) is 0.221. The Morgan fingerprint density at radius 1 is 1.24 bits per heavy atom. The maximum absolute atomic E-state index is 11.2. The van der Waals surface area contributed by atoms with Crippen molar-refractivity contribution in [3.05, 3.63) is 58.6 Å². The number of fused-ring (bicyclic) bond motifs is 1. The monoisotopic (exact) mass is 303 g/mol. The lowest BCUT2D eigenvalue weighted by Gasteiger charge is -2.39. The lowest BCUT2D eigenvalue weighted by molar-refractivity contribution is -0.0374. The van der Waals surface area contributed by atoms with Crippen LogP contribution in [-0.4, -0.2) is 23.6 Å². The van der Waals surface area contributed by atoms with Gasteiger partial charge in [0.15, 0.2) is 0 Å². The van der Waals surface area contributed by atoms with Crippen molar-refractivity contribution >= 4 is 23.6 Å². The van der Waals surface area contributed by atoms with Crippen molar-refractivity contribution in [1.82, 2.24) is 5.01 Å². The van der Waals surface area contributed by atoms with Crippen LogP contribution in [0.3, 0.4) is 0 Å². The Morgan fingerprint density at radius 2 is 1.95 bits per heavy atom. The fourth-order valence-electron chi connectivity index (χ4n) is 2.38. The van der Waals surface area contributed by atoms with Crippen LogP contribution in [-0.2, 0) is 5.72 Å². The first-order valence-corrected chi connectivity index (χ1v) is 6.68. The first-order valence-electron chi connectivity index (χ1n) is 6.31. The molecule has 0 aromatic heterocycles. The van der Waals surface area contributed by atoms with Crippen LogP contribution in [0, 0.1) is 0 Å². The molecule has 1 atom stereocenters. The van der Waals surface area contributed by atoms with Crippen molar-refractivity contribution in [3.63, 3.8) is 0 Å². The summed E-state index contributed by atoms with van der Waals surface area (Å²) in [5.74, 6) is 6.64. The van der Waals surface area contributed by atoms with Crippen molar-refractivity contribution in [2.24, 2.45) is 10.8 Å². The van der Waals surface area contributed by atoms with Crippen LogP contribution in [0.5, 0.6) is 5.75 Å². The molecule has 0 bridgehead atoms. The fraction of sp³-hybridized carbons (Fsp3) is 0.133. The Labute approximate surface area is 127 Å². The van der Waals surface area contributed by atoms with Crippen LogP contribution in [0.25, 0.3) is 0 Å². The summed E-state index contributed by atoms with van der Waals surface area (Å²) in [6.45, 7) is 0. The van der Waals surface area contributed by atoms with Crippen LogP contribution in [0.2, 0.25) is 5.02 Å². The second kappa shape index (κ2) is 5.04. The zero-order chi connectivity index (χ0) is 15.0. The van der Waals surface area contributed by atoms with Gasteiger partial charge in [0.05, 0.1) is 12.8 Å². The average Bonchev–Trinajstić information content (AvgIpc) is 2.51. The number of aliphatic hydroxyl groups is 1. The van der Waals surface area contributed by atoms with Gasteiger partial charge in [-0.15, -0.1) is 0 Å². The molecule has 21 heavy (non-hydrogen) atoms. The number of hydrogen-bond donors (Lipinski definition) is 2. The second-order valence-corrected chi connectivity index (χ2v) is 5.15. The van der Waals surface area contributed by atoms with Gasteiger partial charge in [0.25, 0.3) is 0 Å². The van der Waals surface area contributed by atoms with E-state index in [9.17, 15) is 5.11 Å². The fourth-order valence-corrected chi connectivity index (χ4v) is 2.55. The van der Waals surface area contributed by atoms with Crippen molar-refractivity contribution in [2.75, 3.05) is 7.11 Å². The Morgan fingerprint density at radius 3 is 2.62 bits per heavy atom. The third-order valence-electron chi connectivity index (χ3n) is 3.52. The minimum Gasteiger partial charge on any atom is -0.497 e. The van der Waals surface area contributed by atoms with Gasteiger partial charge in [-0.2, -0.15) is 0 Å². The smallest absolute Gasteiger partial charge is 0.207 e. The topological polar surface area (TPSA) is 71.1 Å². The third kappa shape index (κ3) is 2.15. The second-order valence-electron chi connectivity index (χ2n) is 4.71. The van der Waals surface area contributed by atoms with E-state index in [2.05, 4.69) is 4.99 Å². The largest absolute Gasteiger partial charge is 0.497 e. The summed E-state index contributed by atoms with van der Waals surface area (Å²) in [5, 5.41) is 12.8. The molecule has 1 aliphatic heterocycles. The molecular formula is C15H14ClN3O2. The standard InChI is InChI=1S/C15H14ClN3O2/c1-21-12-5-2-10(3-6-12)15(20)13-8-11(16)4-7-14(13)18-9-19(15)17/h2-9,20H,17H2,1H3. The van der Waals surface area contributed by atoms with E-state index in [1.54, 1.807) is 49.6 Å². The first kappa shape index (κ1) is 13.9. The predicted molar refractivity (Wildman–Crippen MR) is 81.6 cm³/mol. The van der Waals surface area contributed by atoms with Gasteiger partial charge in [0.1, 0.15) is 12.1 Å². The zero-order valence-corrected chi connectivity index (χ0v) is 12.1. The maximum atomic E-state index is 11.2. The highest BCUT2D eigenvalue weighted by atomic mass is 35.5. The molecule has 1 aliphatic rings. The van der Waals surface area contributed by atoms with Gasteiger partial charge in [-0.3, -0.25) is 5.01 Å². The van der Waals surface area contributed by atoms with Crippen molar-refractivity contribution in [1.29, 1.82) is 0 Å². The van der Waals surface area contributed by atoms with Gasteiger partial charge < -0.3 is 9.84 Å². The summed E-state index contributed by atoms with van der Waals surface area (Å²) in [4.78, 5) is 4.20. The number of methoxy groups -OCH3 is 1. The molecule has 0 saturated heterocycles. The van der Waals surface area contributed by atoms with Gasteiger partial charge >= 0.3 is 0 Å². The highest BCUT2D eigenvalue weighted by Crippen LogP contribution is 2.41. The predicted octanol–water partition coefficient (Wildman–Crippen LogP) is 2.39. The molecule has 2 aromatic carbocycles. The van der Waals surface area contributed by atoms with E-state index in [1.807, 2.05) is 0 Å². The van der Waals surface area contributed by atoms with Crippen LogP contribution < -0.4 is 10.6 Å². The van der Waals surface area contributed by atoms with Gasteiger partial charge in [0.2, 0.25) is 5.72 Å². The summed E-state index contributed by atoms with van der Waals surface area (Å²) in [7, 11) is 1.58. The number of hydrazine groups is 1. The van der Waals surface area contributed by atoms with Crippen LogP contribution in [0.1, 0.15) is 11.1 Å². The van der Waals surface area contributed by atoms with Crippen LogP contribution in [0.15, 0.2) is 47.5 Å². The molecule has 5 nitrogen and oxygen atoms in total. The SMILES string of the molecule is COc1ccc(C2(O)c3cc(Cl)ccc3N=CN2N)cc1. The summed E-state index contributed by atoms with van der Waals surface area (Å²) in [6, 6.07) is 12.2. The molecule has 0 aliphatic carbocycles. The lowest BCUT2D eigenvalue weighted by Crippen LogP contribution is -2.52. The van der Waals surface area contributed by atoms with Crippen LogP contribution in [0.4, 0.5) is 5.69 Å². The van der Waals surface area contributed by atoms with E-state index >= 15 is 0 Å². The van der Waals surface area contributed by atoms with Gasteiger partial charge in [-0.05, 0) is 30.3 Å². The first-order chi connectivity index (χ1) is 10.1. The molecule has 0 amide bonds. The maximum Gasteiger partial charge on any atom is 0.207 e. The highest BCUT2D eigenvalue weighted by molar-refractivity contribution is 6.30. The molecule has 6 heteroatoms. The molecule has 3 rings (SSSR count). The summed E-state index contributed by atoms with van der Waals surface area (Å²) in [6.07, 6.45) is 1.39. The Balaban J connectivity index is 2.18. The Bertz CT molecular complexity index is 703. The van der Waals surface area contributed by atoms with E-state index in [0.29, 0.717) is 27.6 Å². The molecular weight excluding hydrogens is 290 g/mol. The zero-order valence-electron chi connectivity index (χ0n) is 11.3. The molecule has 2 aromatic rings. The minimum absolute atomic E-state index is 0.506. The Kier molecular flexibility index (Phi) is 3.33. The molecule has 3 N–H and O–H groups in total. The van der Waals surface area contributed by atoms with E-state index in [0.717, 1.165) is 5.01 Å². The van der Waals surface area contributed by atoms with Gasteiger partial charge in [-0.25, -0.2) is 10.8 Å². The van der Waals surface area contributed by atoms with Crippen LogP contribution >= 0.6 is 11.6 Å². The van der Waals surface area contributed by atoms with E-state index in [4.69, 9.17) is 22.2 Å². The summed E-state index contributed by atoms with van der Waals surface area (Å²) >= 11 is 6.04. The minimum atomic E-state index is -1.53. The normalized spacial score (nSPS) is 20.3. The van der Waals surface area contributed by atoms with E-state index in [1.165, 1.54) is 6.34 Å². The Hall–Kier alpha value is -2.08. The number of aliphatic imine (C=N–C) groups is 1. The molecule has 108 valence electrons. The van der Waals surface area contributed by atoms with Crippen molar-refractivity contribution in [3.8, 4) is 5.75 Å². The number of nitrogens with zero attached hydrogens (tertiary/aromatic N) is 2. The molecule has 0 radical (unpaired) electrons. The number of rotatable bonds is 2. The number of nitrogens with two attached hydrogens (primary N) is 1. The van der Waals surface area contributed by atoms with Crippen molar-refractivity contribution in [2.45, 2.75) is 5.72 Å². The number of halogens is 1. The third-order valence-corrected chi connectivity index (χ3v) is 3.76. The highest BCUT2D eigenvalue weighted by Gasteiger charge is 2.40. The number of benzene rings is 2. The van der Waals surface area contributed by atoms with E-state index in [-0.39, 0.29) is 0 Å².